The fourth-order valence-corrected chi connectivity index (χ4v) is 2.28. The molecule has 2 aromatic rings. The Morgan fingerprint density at radius 2 is 2.07 bits per heavy atom. The van der Waals surface area contributed by atoms with Gasteiger partial charge >= 0.3 is 0 Å². The first-order valence-corrected chi connectivity index (χ1v) is 5.58. The van der Waals surface area contributed by atoms with E-state index in [0.717, 1.165) is 21.4 Å². The van der Waals surface area contributed by atoms with Gasteiger partial charge < -0.3 is 4.74 Å². The number of hydrogen-bond donors (Lipinski definition) is 0. The van der Waals surface area contributed by atoms with E-state index < -0.39 is 5.70 Å². The molecule has 0 aliphatic carbocycles. The van der Waals surface area contributed by atoms with Crippen LogP contribution in [-0.4, -0.2) is 12.8 Å². The molecule has 0 saturated heterocycles. The number of benzene rings is 2. The predicted octanol–water partition coefficient (Wildman–Crippen LogP) is 3.96. The first kappa shape index (κ1) is 8.05. The van der Waals surface area contributed by atoms with Crippen LogP contribution in [0.2, 0.25) is 0 Å². The van der Waals surface area contributed by atoms with Crippen molar-refractivity contribution < 1.29 is 7.48 Å². The van der Waals surface area contributed by atoms with Crippen molar-refractivity contribution >= 4 is 22.5 Å². The normalized spacial score (nSPS) is 16.7. The van der Waals surface area contributed by atoms with E-state index in [4.69, 9.17) is 7.48 Å². The predicted molar refractivity (Wildman–Crippen MR) is 66.9 cm³/mol. The van der Waals surface area contributed by atoms with Crippen LogP contribution in [0.4, 0.5) is 0 Å². The Balaban J connectivity index is 2.58. The fourth-order valence-electron chi connectivity index (χ4n) is 1.63. The van der Waals surface area contributed by atoms with Crippen LogP contribution in [-0.2, 0) is 0 Å². The van der Waals surface area contributed by atoms with E-state index in [2.05, 4.69) is 0 Å². The molecule has 78 valence electrons. The summed E-state index contributed by atoms with van der Waals surface area (Å²) in [5.74, 6) is 0.821. The summed E-state index contributed by atoms with van der Waals surface area (Å²) in [5, 5.41) is 2.05. The molecule has 2 rings (SSSR count). The van der Waals surface area contributed by atoms with Gasteiger partial charge in [-0.15, -0.1) is 11.8 Å². The molecule has 0 bridgehead atoms. The monoisotopic (exact) mass is 220 g/mol. The summed E-state index contributed by atoms with van der Waals surface area (Å²) in [4.78, 5) is 0.939. The molecule has 0 N–H and O–H groups in total. The smallest absolute Gasteiger partial charge is 0.126 e. The summed E-state index contributed by atoms with van der Waals surface area (Å²) in [6.07, 6.45) is 0. The first-order valence-electron chi connectivity index (χ1n) is 5.76. The number of thioether (sulfide) groups is 1. The molecule has 1 nitrogen and oxygen atoms in total. The van der Waals surface area contributed by atoms with Gasteiger partial charge in [-0.25, -0.2) is 0 Å². The zero-order chi connectivity index (χ0) is 12.5. The molecule has 0 aromatic heterocycles. The molecule has 15 heavy (non-hydrogen) atoms. The van der Waals surface area contributed by atoms with Gasteiger partial charge in [0.2, 0.25) is 0 Å². The molecule has 1 atom stereocenters. The minimum Gasteiger partial charge on any atom is -0.496 e. The maximum atomic E-state index is 7.64. The van der Waals surface area contributed by atoms with Crippen LogP contribution >= 0.6 is 11.8 Å². The highest BCUT2D eigenvalue weighted by atomic mass is 32.2. The highest BCUT2D eigenvalue weighted by Gasteiger charge is 2.04. The van der Waals surface area contributed by atoms with Crippen molar-refractivity contribution in [1.29, 1.82) is 0 Å². The Morgan fingerprint density at radius 1 is 1.33 bits per heavy atom. The Bertz CT molecular complexity index is 534. The molecule has 0 radical (unpaired) electrons. The van der Waals surface area contributed by atoms with Gasteiger partial charge in [0.05, 0.1) is 7.11 Å². The molecule has 0 fully saturated rings. The lowest BCUT2D eigenvalue weighted by atomic mass is 10.1. The lowest BCUT2D eigenvalue weighted by Gasteiger charge is -2.08. The summed E-state index contributed by atoms with van der Waals surface area (Å²) in [6, 6.07) is 11.7. The van der Waals surface area contributed by atoms with Crippen molar-refractivity contribution in [2.45, 2.75) is 11.8 Å². The zero-order valence-corrected chi connectivity index (χ0v) is 9.60. The average Bonchev–Trinajstić information content (AvgIpc) is 2.27. The van der Waals surface area contributed by atoms with Gasteiger partial charge in [-0.1, -0.05) is 31.2 Å². The Kier molecular flexibility index (Phi) is 2.46. The van der Waals surface area contributed by atoms with Crippen molar-refractivity contribution in [1.82, 2.24) is 0 Å². The van der Waals surface area contributed by atoms with Gasteiger partial charge in [0.1, 0.15) is 5.75 Å². The minimum absolute atomic E-state index is 0.821. The molecule has 0 saturated carbocycles. The molecule has 0 spiro atoms. The second kappa shape index (κ2) is 4.58. The van der Waals surface area contributed by atoms with Gasteiger partial charge in [-0.3, -0.25) is 0 Å². The lowest BCUT2D eigenvalue weighted by molar-refractivity contribution is 0.420. The van der Waals surface area contributed by atoms with Crippen molar-refractivity contribution in [3.63, 3.8) is 0 Å². The minimum atomic E-state index is -1.28. The van der Waals surface area contributed by atoms with Crippen molar-refractivity contribution in [3.8, 4) is 5.75 Å². The van der Waals surface area contributed by atoms with Gasteiger partial charge in [0, 0.05) is 13.0 Å². The number of rotatable bonds is 3. The highest BCUT2D eigenvalue weighted by Crippen LogP contribution is 2.32. The SMILES string of the molecule is [1H][13C@]([2H])(C)Sc1cccc2c(OC)cccc12. The third-order valence-electron chi connectivity index (χ3n) is 2.27. The van der Waals surface area contributed by atoms with Crippen molar-refractivity contribution in [3.05, 3.63) is 36.4 Å². The molecule has 0 aliphatic heterocycles. The lowest BCUT2D eigenvalue weighted by Crippen LogP contribution is -1.85. The standard InChI is InChI=1S/C13H14OS/c1-3-15-13-9-5-6-10-11(13)7-4-8-12(10)14-2/h4-9H,3H2,1-2H3/i3+1DH/t3-/m0/s1. The number of hydrogen-bond acceptors (Lipinski definition) is 2. The zero-order valence-electron chi connectivity index (χ0n) is 10.8. The van der Waals surface area contributed by atoms with Crippen molar-refractivity contribution in [2.75, 3.05) is 12.8 Å². The summed E-state index contributed by atoms with van der Waals surface area (Å²) >= 11 is 1.23. The second-order valence-corrected chi connectivity index (χ2v) is 4.17. The third-order valence-corrected chi connectivity index (χ3v) is 3.05. The van der Waals surface area contributed by atoms with E-state index in [1.807, 2.05) is 36.4 Å². The van der Waals surface area contributed by atoms with Crippen LogP contribution in [0.5, 0.6) is 5.75 Å². The second-order valence-electron chi connectivity index (χ2n) is 3.12. The van der Waals surface area contributed by atoms with Crippen LogP contribution in [0.1, 0.15) is 9.67 Å². The first-order chi connectivity index (χ1) is 8.01. The summed E-state index contributed by atoms with van der Waals surface area (Å²) in [6.45, 7) is 1.57. The molecular weight excluding hydrogens is 205 g/mol. The van der Waals surface area contributed by atoms with Gasteiger partial charge in [0.15, 0.2) is 0 Å². The molecule has 0 amide bonds. The van der Waals surface area contributed by atoms with Gasteiger partial charge in [-0.2, -0.15) is 0 Å². The number of methoxy groups -OCH3 is 1. The molecule has 0 aliphatic rings. The van der Waals surface area contributed by atoms with Crippen LogP contribution in [0.25, 0.3) is 10.8 Å². The van der Waals surface area contributed by atoms with E-state index in [1.54, 1.807) is 14.0 Å². The quantitative estimate of drug-likeness (QED) is 0.572. The van der Waals surface area contributed by atoms with Crippen LogP contribution in [0, 0.1) is 0 Å². The molecule has 0 unspecified atom stereocenters. The van der Waals surface area contributed by atoms with Crippen LogP contribution < -0.4 is 4.74 Å². The van der Waals surface area contributed by atoms with E-state index >= 15 is 0 Å². The Hall–Kier alpha value is -1.15. The molecule has 2 aromatic carbocycles. The number of ether oxygens (including phenoxy) is 1. The highest BCUT2D eigenvalue weighted by molar-refractivity contribution is 7.99. The van der Waals surface area contributed by atoms with Crippen molar-refractivity contribution in [2.24, 2.45) is 0 Å². The Morgan fingerprint density at radius 3 is 2.80 bits per heavy atom. The third kappa shape index (κ3) is 1.95. The van der Waals surface area contributed by atoms with Gasteiger partial charge in [0.25, 0.3) is 0 Å². The summed E-state index contributed by atoms with van der Waals surface area (Å²) < 4.78 is 20.6. The largest absolute Gasteiger partial charge is 0.496 e. The molecule has 0 heterocycles. The van der Waals surface area contributed by atoms with Crippen LogP contribution in [0.15, 0.2) is 41.3 Å². The fraction of sp³-hybridized carbons (Fsp3) is 0.231. The summed E-state index contributed by atoms with van der Waals surface area (Å²) in [7, 11) is 1.65. The van der Waals surface area contributed by atoms with E-state index in [-0.39, 0.29) is 0 Å². The van der Waals surface area contributed by atoms with Gasteiger partial charge in [-0.05, 0) is 23.2 Å². The summed E-state index contributed by atoms with van der Waals surface area (Å²) in [5.41, 5.74) is -1.28. The van der Waals surface area contributed by atoms with E-state index in [9.17, 15) is 0 Å². The maximum Gasteiger partial charge on any atom is 0.126 e. The maximum absolute atomic E-state index is 7.64. The van der Waals surface area contributed by atoms with Crippen LogP contribution in [0.3, 0.4) is 0 Å². The average molecular weight is 220 g/mol. The van der Waals surface area contributed by atoms with E-state index in [0.29, 0.717) is 0 Å². The molecular formula is C13H14OS. The topological polar surface area (TPSA) is 9.23 Å². The number of fused-ring (bicyclic) bond motifs is 1. The van der Waals surface area contributed by atoms with E-state index in [1.165, 1.54) is 11.8 Å². The Labute approximate surface area is 97.3 Å². The molecule has 2 heteroatoms.